The first-order valence-corrected chi connectivity index (χ1v) is 6.60. The quantitative estimate of drug-likeness (QED) is 0.835. The van der Waals surface area contributed by atoms with Gasteiger partial charge in [-0.05, 0) is 6.92 Å². The van der Waals surface area contributed by atoms with Crippen LogP contribution in [0, 0.1) is 6.92 Å². The van der Waals surface area contributed by atoms with E-state index in [1.807, 2.05) is 0 Å². The number of rotatable bonds is 3. The number of ether oxygens (including phenoxy) is 1. The van der Waals surface area contributed by atoms with Gasteiger partial charge in [-0.3, -0.25) is 4.90 Å². The lowest BCUT2D eigenvalue weighted by Crippen LogP contribution is -2.34. The summed E-state index contributed by atoms with van der Waals surface area (Å²) in [6.45, 7) is 5.48. The van der Waals surface area contributed by atoms with Gasteiger partial charge in [-0.1, -0.05) is 0 Å². The number of nitrogens with zero attached hydrogens (tertiary/aromatic N) is 5. The summed E-state index contributed by atoms with van der Waals surface area (Å²) in [6, 6.07) is 0.0641. The predicted octanol–water partition coefficient (Wildman–Crippen LogP) is 1.30. The smallest absolute Gasteiger partial charge is 0.233 e. The minimum Gasteiger partial charge on any atom is -0.481 e. The summed E-state index contributed by atoms with van der Waals surface area (Å²) in [6.07, 6.45) is 2.42. The van der Waals surface area contributed by atoms with E-state index in [-0.39, 0.29) is 6.04 Å². The average Bonchev–Trinajstić information content (AvgIpc) is 2.91. The Morgan fingerprint density at radius 3 is 2.90 bits per heavy atom. The second-order valence-corrected chi connectivity index (χ2v) is 4.86. The average molecular weight is 275 g/mol. The highest BCUT2D eigenvalue weighted by molar-refractivity contribution is 5.31. The molecule has 0 saturated carbocycles. The monoisotopic (exact) mass is 275 g/mol. The van der Waals surface area contributed by atoms with Crippen molar-refractivity contribution in [1.82, 2.24) is 25.1 Å². The Hall–Kier alpha value is -2.02. The first kappa shape index (κ1) is 13.0. The maximum Gasteiger partial charge on any atom is 0.233 e. The van der Waals surface area contributed by atoms with Crippen molar-refractivity contribution in [2.45, 2.75) is 32.9 Å². The molecular weight excluding hydrogens is 258 g/mol. The van der Waals surface area contributed by atoms with Crippen molar-refractivity contribution in [3.05, 3.63) is 29.4 Å². The number of hydrogen-bond donors (Lipinski definition) is 0. The molecule has 0 radical (unpaired) electrons. The first-order chi connectivity index (χ1) is 9.69. The maximum atomic E-state index is 5.52. The maximum absolute atomic E-state index is 5.52. The molecule has 0 aliphatic carbocycles. The second-order valence-electron chi connectivity index (χ2n) is 4.86. The van der Waals surface area contributed by atoms with Crippen LogP contribution in [0.4, 0.5) is 0 Å². The molecule has 1 aliphatic heterocycles. The van der Waals surface area contributed by atoms with Crippen LogP contribution in [-0.4, -0.2) is 38.7 Å². The summed E-state index contributed by atoms with van der Waals surface area (Å²) in [5, 5.41) is 7.99. The van der Waals surface area contributed by atoms with E-state index in [1.54, 1.807) is 20.4 Å². The van der Waals surface area contributed by atoms with Crippen LogP contribution < -0.4 is 4.74 Å². The standard InChI is InChI=1S/C13H17N5O2/c1-8(12-17-16-9(2)20-12)18-5-4-11-10(6-18)13(19-3)15-7-14-11/h7-8H,4-6H2,1-3H3/t8-/m1/s1. The number of fused-ring (bicyclic) bond motifs is 1. The molecule has 0 N–H and O–H groups in total. The van der Waals surface area contributed by atoms with Gasteiger partial charge in [0.2, 0.25) is 17.7 Å². The van der Waals surface area contributed by atoms with Crippen LogP contribution in [0.5, 0.6) is 5.88 Å². The van der Waals surface area contributed by atoms with Crippen LogP contribution in [-0.2, 0) is 13.0 Å². The van der Waals surface area contributed by atoms with Gasteiger partial charge in [0.1, 0.15) is 6.33 Å². The second kappa shape index (κ2) is 5.16. The van der Waals surface area contributed by atoms with Crippen LogP contribution in [0.1, 0.15) is 36.0 Å². The molecule has 1 atom stereocenters. The molecule has 0 fully saturated rings. The molecule has 20 heavy (non-hydrogen) atoms. The third-order valence-electron chi connectivity index (χ3n) is 3.63. The van der Waals surface area contributed by atoms with Crippen LogP contribution >= 0.6 is 0 Å². The van der Waals surface area contributed by atoms with Crippen molar-refractivity contribution in [2.75, 3.05) is 13.7 Å². The van der Waals surface area contributed by atoms with E-state index in [1.165, 1.54) is 0 Å². The lowest BCUT2D eigenvalue weighted by molar-refractivity contribution is 0.161. The molecule has 0 aromatic carbocycles. The summed E-state index contributed by atoms with van der Waals surface area (Å²) in [5.74, 6) is 1.88. The van der Waals surface area contributed by atoms with E-state index in [9.17, 15) is 0 Å². The molecule has 7 heteroatoms. The van der Waals surface area contributed by atoms with Crippen LogP contribution in [0.3, 0.4) is 0 Å². The molecule has 2 aromatic heterocycles. The molecule has 0 saturated heterocycles. The van der Waals surface area contributed by atoms with Gasteiger partial charge in [-0.2, -0.15) is 0 Å². The number of hydrogen-bond acceptors (Lipinski definition) is 7. The van der Waals surface area contributed by atoms with Gasteiger partial charge in [-0.25, -0.2) is 9.97 Å². The Labute approximate surface area is 117 Å². The van der Waals surface area contributed by atoms with Gasteiger partial charge in [-0.15, -0.1) is 10.2 Å². The molecule has 7 nitrogen and oxygen atoms in total. The minimum absolute atomic E-state index is 0.0641. The lowest BCUT2D eigenvalue weighted by atomic mass is 10.0. The molecule has 106 valence electrons. The first-order valence-electron chi connectivity index (χ1n) is 6.60. The molecule has 0 amide bonds. The summed E-state index contributed by atoms with van der Waals surface area (Å²) in [5.41, 5.74) is 2.10. The minimum atomic E-state index is 0.0641. The SMILES string of the molecule is COc1ncnc2c1CN([C@H](C)c1nnc(C)o1)CC2. The largest absolute Gasteiger partial charge is 0.481 e. The van der Waals surface area contributed by atoms with Gasteiger partial charge in [0.25, 0.3) is 0 Å². The fraction of sp³-hybridized carbons (Fsp3) is 0.538. The van der Waals surface area contributed by atoms with Crippen molar-refractivity contribution in [3.8, 4) is 5.88 Å². The van der Waals surface area contributed by atoms with E-state index in [0.717, 1.165) is 30.8 Å². The molecule has 0 bridgehead atoms. The van der Waals surface area contributed by atoms with E-state index in [2.05, 4.69) is 32.0 Å². The highest BCUT2D eigenvalue weighted by atomic mass is 16.5. The normalized spacial score (nSPS) is 16.8. The van der Waals surface area contributed by atoms with Crippen LogP contribution in [0.15, 0.2) is 10.7 Å². The van der Waals surface area contributed by atoms with Crippen molar-refractivity contribution in [3.63, 3.8) is 0 Å². The highest BCUT2D eigenvalue weighted by Gasteiger charge is 2.27. The Bertz CT molecular complexity index is 598. The zero-order valence-corrected chi connectivity index (χ0v) is 11.8. The van der Waals surface area contributed by atoms with Gasteiger partial charge in [0, 0.05) is 32.0 Å². The van der Waals surface area contributed by atoms with Gasteiger partial charge in [0.15, 0.2) is 0 Å². The van der Waals surface area contributed by atoms with E-state index in [0.29, 0.717) is 17.7 Å². The molecule has 3 heterocycles. The molecule has 0 spiro atoms. The summed E-state index contributed by atoms with van der Waals surface area (Å²) >= 11 is 0. The third kappa shape index (κ3) is 2.24. The summed E-state index contributed by atoms with van der Waals surface area (Å²) in [4.78, 5) is 10.8. The van der Waals surface area contributed by atoms with Crippen LogP contribution in [0.2, 0.25) is 0 Å². The fourth-order valence-electron chi connectivity index (χ4n) is 2.48. The molecule has 1 aliphatic rings. The third-order valence-corrected chi connectivity index (χ3v) is 3.63. The molecule has 0 unspecified atom stereocenters. The summed E-state index contributed by atoms with van der Waals surface area (Å²) in [7, 11) is 1.63. The van der Waals surface area contributed by atoms with Crippen molar-refractivity contribution < 1.29 is 9.15 Å². The fourth-order valence-corrected chi connectivity index (χ4v) is 2.48. The van der Waals surface area contributed by atoms with Crippen LogP contribution in [0.25, 0.3) is 0 Å². The Morgan fingerprint density at radius 2 is 2.20 bits per heavy atom. The van der Waals surface area contributed by atoms with E-state index < -0.39 is 0 Å². The Kier molecular flexibility index (Phi) is 3.35. The molecular formula is C13H17N5O2. The van der Waals surface area contributed by atoms with Gasteiger partial charge in [0.05, 0.1) is 18.8 Å². The zero-order chi connectivity index (χ0) is 14.1. The molecule has 2 aromatic rings. The number of aromatic nitrogens is 4. The highest BCUT2D eigenvalue weighted by Crippen LogP contribution is 2.29. The van der Waals surface area contributed by atoms with Crippen molar-refractivity contribution >= 4 is 0 Å². The number of methoxy groups -OCH3 is 1. The van der Waals surface area contributed by atoms with E-state index in [4.69, 9.17) is 9.15 Å². The molecule has 3 rings (SSSR count). The Balaban J connectivity index is 1.84. The van der Waals surface area contributed by atoms with Gasteiger partial charge < -0.3 is 9.15 Å². The Morgan fingerprint density at radius 1 is 1.35 bits per heavy atom. The van der Waals surface area contributed by atoms with E-state index >= 15 is 0 Å². The van der Waals surface area contributed by atoms with Crippen molar-refractivity contribution in [1.29, 1.82) is 0 Å². The number of aryl methyl sites for hydroxylation is 1. The van der Waals surface area contributed by atoms with Gasteiger partial charge >= 0.3 is 0 Å². The lowest BCUT2D eigenvalue weighted by Gasteiger charge is -2.31. The topological polar surface area (TPSA) is 77.2 Å². The predicted molar refractivity (Wildman–Crippen MR) is 70.1 cm³/mol. The summed E-state index contributed by atoms with van der Waals surface area (Å²) < 4.78 is 10.8. The zero-order valence-electron chi connectivity index (χ0n) is 11.8. The van der Waals surface area contributed by atoms with Crippen molar-refractivity contribution in [2.24, 2.45) is 0 Å².